The maximum absolute atomic E-state index is 13.3. The zero-order chi connectivity index (χ0) is 29.5. The standard InChI is InChI=1S/C27H31F4N3O4S2/c1-17(2)13-22(34-25(35)16-20-14-18-7-3-4-8-23(18)39-20)26(36)32-11-5-6-12-33-40(37,38)24-10-9-19(28)15-21(24)27(29,30)31/h3-4,7-10,14-15,17,22,33H,5-6,11-13,16H2,1-2H3,(H,32,36)(H,34,35)/t22-/m0/s1. The Morgan fingerprint density at radius 2 is 1.70 bits per heavy atom. The van der Waals surface area contributed by atoms with Crippen LogP contribution in [0.15, 0.2) is 53.4 Å². The molecule has 0 aliphatic heterocycles. The van der Waals surface area contributed by atoms with Crippen LogP contribution in [0.3, 0.4) is 0 Å². The number of carbonyl (C=O) groups excluding carboxylic acids is 2. The van der Waals surface area contributed by atoms with Crippen molar-refractivity contribution < 1.29 is 35.6 Å². The predicted molar refractivity (Wildman–Crippen MR) is 146 cm³/mol. The Hall–Kier alpha value is -3.03. The van der Waals surface area contributed by atoms with E-state index >= 15 is 0 Å². The van der Waals surface area contributed by atoms with Crippen LogP contribution in [0.5, 0.6) is 0 Å². The van der Waals surface area contributed by atoms with Crippen LogP contribution in [0.1, 0.15) is 43.6 Å². The summed E-state index contributed by atoms with van der Waals surface area (Å²) in [5, 5.41) is 6.57. The van der Waals surface area contributed by atoms with Gasteiger partial charge in [0.05, 0.1) is 16.9 Å². The van der Waals surface area contributed by atoms with Crippen LogP contribution in [0.4, 0.5) is 17.6 Å². The number of halogens is 4. The maximum atomic E-state index is 13.3. The van der Waals surface area contributed by atoms with Gasteiger partial charge in [0.2, 0.25) is 21.8 Å². The second-order valence-corrected chi connectivity index (χ2v) is 12.6. The lowest BCUT2D eigenvalue weighted by Crippen LogP contribution is -2.48. The lowest BCUT2D eigenvalue weighted by atomic mass is 10.0. The number of carbonyl (C=O) groups is 2. The molecule has 0 aliphatic carbocycles. The maximum Gasteiger partial charge on any atom is 0.417 e. The van der Waals surface area contributed by atoms with E-state index < -0.39 is 38.5 Å². The van der Waals surface area contributed by atoms with Gasteiger partial charge in [0.25, 0.3) is 0 Å². The SMILES string of the molecule is CC(C)C[C@H](NC(=O)Cc1cc2ccccc2s1)C(=O)NCCCCNS(=O)(=O)c1ccc(F)cc1C(F)(F)F. The molecule has 7 nitrogen and oxygen atoms in total. The molecule has 3 aromatic rings. The van der Waals surface area contributed by atoms with Crippen molar-refractivity contribution >= 4 is 43.3 Å². The van der Waals surface area contributed by atoms with E-state index in [9.17, 15) is 35.6 Å². The van der Waals surface area contributed by atoms with Gasteiger partial charge in [-0.3, -0.25) is 9.59 Å². The summed E-state index contributed by atoms with van der Waals surface area (Å²) in [6.45, 7) is 3.84. The van der Waals surface area contributed by atoms with Crippen LogP contribution in [0.2, 0.25) is 0 Å². The number of benzene rings is 2. The Morgan fingerprint density at radius 3 is 2.38 bits per heavy atom. The van der Waals surface area contributed by atoms with Gasteiger partial charge in [0.15, 0.2) is 0 Å². The molecular formula is C27H31F4N3O4S2. The van der Waals surface area contributed by atoms with E-state index in [0.29, 0.717) is 25.0 Å². The number of fused-ring (bicyclic) bond motifs is 1. The molecule has 3 N–H and O–H groups in total. The first kappa shape index (κ1) is 31.5. The zero-order valence-corrected chi connectivity index (χ0v) is 23.6. The van der Waals surface area contributed by atoms with Gasteiger partial charge >= 0.3 is 6.18 Å². The van der Waals surface area contributed by atoms with Gasteiger partial charge in [-0.25, -0.2) is 17.5 Å². The number of hydrogen-bond donors (Lipinski definition) is 3. The molecule has 2 amide bonds. The van der Waals surface area contributed by atoms with E-state index in [0.717, 1.165) is 15.0 Å². The van der Waals surface area contributed by atoms with E-state index in [1.165, 1.54) is 11.3 Å². The van der Waals surface area contributed by atoms with E-state index in [1.807, 2.05) is 44.2 Å². The molecule has 0 saturated carbocycles. The Kier molecular flexibility index (Phi) is 10.7. The predicted octanol–water partition coefficient (Wildman–Crippen LogP) is 5.01. The van der Waals surface area contributed by atoms with Crippen molar-refractivity contribution in [2.24, 2.45) is 5.92 Å². The second-order valence-electron chi connectivity index (χ2n) is 9.71. The first-order valence-electron chi connectivity index (χ1n) is 12.7. The highest BCUT2D eigenvalue weighted by molar-refractivity contribution is 7.89. The molecule has 0 unspecified atom stereocenters. The van der Waals surface area contributed by atoms with Crippen LogP contribution >= 0.6 is 11.3 Å². The highest BCUT2D eigenvalue weighted by atomic mass is 32.2. The third-order valence-electron chi connectivity index (χ3n) is 5.90. The minimum atomic E-state index is -5.05. The highest BCUT2D eigenvalue weighted by Gasteiger charge is 2.37. The van der Waals surface area contributed by atoms with Crippen LogP contribution in [-0.2, 0) is 32.2 Å². The van der Waals surface area contributed by atoms with Crippen molar-refractivity contribution in [3.8, 4) is 0 Å². The molecule has 0 bridgehead atoms. The summed E-state index contributed by atoms with van der Waals surface area (Å²) in [5.41, 5.74) is -1.59. The van der Waals surface area contributed by atoms with Gasteiger partial charge in [0, 0.05) is 22.7 Å². The zero-order valence-electron chi connectivity index (χ0n) is 22.0. The molecule has 0 fully saturated rings. The molecule has 1 atom stereocenters. The number of rotatable bonds is 13. The van der Waals surface area contributed by atoms with Gasteiger partial charge in [0.1, 0.15) is 11.9 Å². The lowest BCUT2D eigenvalue weighted by molar-refractivity contribution is -0.140. The van der Waals surface area contributed by atoms with Crippen molar-refractivity contribution in [3.63, 3.8) is 0 Å². The Balaban J connectivity index is 1.47. The Morgan fingerprint density at radius 1 is 1.00 bits per heavy atom. The first-order chi connectivity index (χ1) is 18.8. The quantitative estimate of drug-likeness (QED) is 0.189. The summed E-state index contributed by atoms with van der Waals surface area (Å²) in [4.78, 5) is 25.3. The van der Waals surface area contributed by atoms with Crippen LogP contribution in [-0.4, -0.2) is 39.4 Å². The largest absolute Gasteiger partial charge is 0.417 e. The number of nitrogens with one attached hydrogen (secondary N) is 3. The van der Waals surface area contributed by atoms with Crippen molar-refractivity contribution in [2.45, 2.75) is 56.6 Å². The fourth-order valence-corrected chi connectivity index (χ4v) is 6.40. The molecule has 1 heterocycles. The van der Waals surface area contributed by atoms with Crippen molar-refractivity contribution in [2.75, 3.05) is 13.1 Å². The minimum Gasteiger partial charge on any atom is -0.354 e. The number of amides is 2. The molecule has 0 spiro atoms. The summed E-state index contributed by atoms with van der Waals surface area (Å²) in [5.74, 6) is -1.72. The van der Waals surface area contributed by atoms with Crippen molar-refractivity contribution in [3.05, 3.63) is 64.8 Å². The molecule has 13 heteroatoms. The number of sulfonamides is 1. The molecule has 0 saturated heterocycles. The molecule has 0 aliphatic rings. The van der Waals surface area contributed by atoms with Crippen LogP contribution in [0.25, 0.3) is 10.1 Å². The second kappa shape index (κ2) is 13.6. The van der Waals surface area contributed by atoms with E-state index in [-0.39, 0.29) is 49.7 Å². The smallest absolute Gasteiger partial charge is 0.354 e. The molecule has 218 valence electrons. The third kappa shape index (κ3) is 9.00. The van der Waals surface area contributed by atoms with Crippen molar-refractivity contribution in [1.29, 1.82) is 0 Å². The summed E-state index contributed by atoms with van der Waals surface area (Å²) in [7, 11) is -4.54. The minimum absolute atomic E-state index is 0.128. The number of alkyl halides is 3. The third-order valence-corrected chi connectivity index (χ3v) is 8.54. The molecule has 3 rings (SSSR count). The average molecular weight is 602 g/mol. The number of thiophene rings is 1. The fourth-order valence-electron chi connectivity index (χ4n) is 4.06. The van der Waals surface area contributed by atoms with E-state index in [4.69, 9.17) is 0 Å². The summed E-state index contributed by atoms with van der Waals surface area (Å²) < 4.78 is 80.7. The van der Waals surface area contributed by atoms with Gasteiger partial charge in [-0.15, -0.1) is 11.3 Å². The highest BCUT2D eigenvalue weighted by Crippen LogP contribution is 2.34. The van der Waals surface area contributed by atoms with E-state index in [2.05, 4.69) is 15.4 Å². The Bertz CT molecular complexity index is 1410. The van der Waals surface area contributed by atoms with Crippen LogP contribution < -0.4 is 15.4 Å². The topological polar surface area (TPSA) is 104 Å². The lowest BCUT2D eigenvalue weighted by Gasteiger charge is -2.20. The van der Waals surface area contributed by atoms with Gasteiger partial charge in [-0.2, -0.15) is 13.2 Å². The van der Waals surface area contributed by atoms with Crippen LogP contribution in [0, 0.1) is 11.7 Å². The molecule has 40 heavy (non-hydrogen) atoms. The van der Waals surface area contributed by atoms with Gasteiger partial charge in [-0.05, 0) is 60.9 Å². The average Bonchev–Trinajstić information content (AvgIpc) is 3.26. The molecule has 2 aromatic carbocycles. The molecular weight excluding hydrogens is 570 g/mol. The van der Waals surface area contributed by atoms with Gasteiger partial charge in [-0.1, -0.05) is 32.0 Å². The fraction of sp³-hybridized carbons (Fsp3) is 0.407. The Labute approximate surface area is 234 Å². The molecule has 0 radical (unpaired) electrons. The summed E-state index contributed by atoms with van der Waals surface area (Å²) in [6, 6.07) is 10.4. The monoisotopic (exact) mass is 601 g/mol. The molecule has 1 aromatic heterocycles. The van der Waals surface area contributed by atoms with E-state index in [1.54, 1.807) is 0 Å². The van der Waals surface area contributed by atoms with Crippen molar-refractivity contribution in [1.82, 2.24) is 15.4 Å². The number of unbranched alkanes of at least 4 members (excludes halogenated alkanes) is 1. The number of hydrogen-bond acceptors (Lipinski definition) is 5. The summed E-state index contributed by atoms with van der Waals surface area (Å²) >= 11 is 1.52. The first-order valence-corrected chi connectivity index (χ1v) is 15.0. The van der Waals surface area contributed by atoms with Gasteiger partial charge < -0.3 is 10.6 Å². The summed E-state index contributed by atoms with van der Waals surface area (Å²) in [6.07, 6.45) is -3.94. The normalized spacial score (nSPS) is 13.0.